The smallest absolute Gasteiger partial charge is 0.199 e. The van der Waals surface area contributed by atoms with Gasteiger partial charge in [0, 0.05) is 12.5 Å². The first-order valence-corrected chi connectivity index (χ1v) is 6.80. The predicted octanol–water partition coefficient (Wildman–Crippen LogP) is 1.62. The molecule has 0 radical (unpaired) electrons. The van der Waals surface area contributed by atoms with E-state index in [4.69, 9.17) is 21.7 Å². The average molecular weight is 293 g/mol. The molecule has 20 heavy (non-hydrogen) atoms. The zero-order chi connectivity index (χ0) is 14.1. The van der Waals surface area contributed by atoms with Crippen LogP contribution in [0.3, 0.4) is 0 Å². The third kappa shape index (κ3) is 2.41. The van der Waals surface area contributed by atoms with Crippen molar-refractivity contribution in [3.05, 3.63) is 28.8 Å². The molecule has 1 aliphatic rings. The molecular formula is C13H15N3O3S. The maximum absolute atomic E-state index is 9.53. The van der Waals surface area contributed by atoms with Gasteiger partial charge in [-0.05, 0) is 31.3 Å². The quantitative estimate of drug-likeness (QED) is 0.841. The maximum atomic E-state index is 9.53. The number of aromatic nitrogens is 3. The van der Waals surface area contributed by atoms with Crippen LogP contribution in [0.2, 0.25) is 0 Å². The predicted molar refractivity (Wildman–Crippen MR) is 75.1 cm³/mol. The number of aromatic amines is 1. The number of hydrogen-bond acceptors (Lipinski definition) is 5. The van der Waals surface area contributed by atoms with Crippen molar-refractivity contribution in [2.45, 2.75) is 19.4 Å². The van der Waals surface area contributed by atoms with Crippen molar-refractivity contribution in [1.82, 2.24) is 14.8 Å². The molecule has 7 heteroatoms. The van der Waals surface area contributed by atoms with Crippen molar-refractivity contribution in [2.24, 2.45) is 0 Å². The molecule has 0 unspecified atom stereocenters. The van der Waals surface area contributed by atoms with E-state index in [-0.39, 0.29) is 0 Å². The van der Waals surface area contributed by atoms with Gasteiger partial charge in [-0.15, -0.1) is 0 Å². The van der Waals surface area contributed by atoms with Gasteiger partial charge < -0.3 is 14.6 Å². The maximum Gasteiger partial charge on any atom is 0.199 e. The van der Waals surface area contributed by atoms with E-state index in [1.54, 1.807) is 11.5 Å². The molecule has 0 saturated heterocycles. The van der Waals surface area contributed by atoms with Gasteiger partial charge in [0.05, 0.1) is 11.8 Å². The number of fused-ring (bicyclic) bond motifs is 1. The summed E-state index contributed by atoms with van der Waals surface area (Å²) < 4.78 is 13.3. The second-order valence-electron chi connectivity index (χ2n) is 4.66. The first-order chi connectivity index (χ1) is 9.65. The van der Waals surface area contributed by atoms with Crippen LogP contribution in [0.15, 0.2) is 18.2 Å². The Morgan fingerprint density at radius 2 is 2.15 bits per heavy atom. The third-order valence-electron chi connectivity index (χ3n) is 3.00. The summed E-state index contributed by atoms with van der Waals surface area (Å²) in [4.78, 5) is 0. The Morgan fingerprint density at radius 1 is 1.40 bits per heavy atom. The van der Waals surface area contributed by atoms with E-state index < -0.39 is 6.10 Å². The lowest BCUT2D eigenvalue weighted by Gasteiger charge is -2.19. The van der Waals surface area contributed by atoms with Gasteiger partial charge in [-0.2, -0.15) is 5.10 Å². The van der Waals surface area contributed by atoms with Crippen LogP contribution in [0.5, 0.6) is 11.5 Å². The molecule has 0 bridgehead atoms. The highest BCUT2D eigenvalue weighted by molar-refractivity contribution is 7.71. The van der Waals surface area contributed by atoms with Crippen LogP contribution in [-0.2, 0) is 6.42 Å². The summed E-state index contributed by atoms with van der Waals surface area (Å²) in [5, 5.41) is 16.4. The summed E-state index contributed by atoms with van der Waals surface area (Å²) in [7, 11) is 0. The van der Waals surface area contributed by atoms with Crippen molar-refractivity contribution in [2.75, 3.05) is 13.2 Å². The molecule has 6 nitrogen and oxygen atoms in total. The van der Waals surface area contributed by atoms with E-state index in [2.05, 4.69) is 10.2 Å². The molecular weight excluding hydrogens is 278 g/mol. The molecule has 0 spiro atoms. The van der Waals surface area contributed by atoms with Crippen LogP contribution >= 0.6 is 12.2 Å². The van der Waals surface area contributed by atoms with Crippen LogP contribution in [0.4, 0.5) is 0 Å². The summed E-state index contributed by atoms with van der Waals surface area (Å²) in [6.07, 6.45) is -0.0714. The Bertz CT molecular complexity index is 678. The number of H-pyrrole nitrogens is 1. The zero-order valence-electron chi connectivity index (χ0n) is 11.0. The van der Waals surface area contributed by atoms with Crippen LogP contribution in [0.1, 0.15) is 12.7 Å². The van der Waals surface area contributed by atoms with E-state index in [9.17, 15) is 5.11 Å². The monoisotopic (exact) mass is 293 g/mol. The molecule has 2 N–H and O–H groups in total. The van der Waals surface area contributed by atoms with E-state index in [0.29, 0.717) is 36.0 Å². The minimum atomic E-state index is -0.490. The van der Waals surface area contributed by atoms with Crippen molar-refractivity contribution in [3.63, 3.8) is 0 Å². The minimum absolute atomic E-state index is 0.418. The highest BCUT2D eigenvalue weighted by Gasteiger charge is 2.15. The number of aliphatic hydroxyl groups is 1. The van der Waals surface area contributed by atoms with Gasteiger partial charge in [0.2, 0.25) is 0 Å². The molecule has 1 atom stereocenters. The average Bonchev–Trinajstić information content (AvgIpc) is 2.78. The van der Waals surface area contributed by atoms with Gasteiger partial charge in [0.1, 0.15) is 19.0 Å². The molecule has 2 aromatic rings. The normalized spacial score (nSPS) is 15.1. The number of rotatable bonds is 3. The van der Waals surface area contributed by atoms with Crippen LogP contribution in [-0.4, -0.2) is 39.2 Å². The molecule has 0 aliphatic carbocycles. The number of nitrogens with one attached hydrogen (secondary N) is 1. The van der Waals surface area contributed by atoms with Gasteiger partial charge in [-0.25, -0.2) is 0 Å². The second-order valence-corrected chi connectivity index (χ2v) is 5.05. The summed E-state index contributed by atoms with van der Waals surface area (Å²) in [6.45, 7) is 2.81. The van der Waals surface area contributed by atoms with E-state index in [1.165, 1.54) is 0 Å². The first kappa shape index (κ1) is 13.1. The molecule has 0 fully saturated rings. The number of hydrogen-bond donors (Lipinski definition) is 2. The molecule has 1 aromatic heterocycles. The molecule has 3 rings (SSSR count). The minimum Gasteiger partial charge on any atom is -0.486 e. The topological polar surface area (TPSA) is 72.3 Å². The highest BCUT2D eigenvalue weighted by Crippen LogP contribution is 2.32. The van der Waals surface area contributed by atoms with Gasteiger partial charge in [-0.1, -0.05) is 0 Å². The van der Waals surface area contributed by atoms with Crippen molar-refractivity contribution in [3.8, 4) is 17.2 Å². The molecule has 0 saturated carbocycles. The summed E-state index contributed by atoms with van der Waals surface area (Å²) in [5.74, 6) is 2.11. The van der Waals surface area contributed by atoms with Gasteiger partial charge in [0.25, 0.3) is 0 Å². The highest BCUT2D eigenvalue weighted by atomic mass is 32.1. The Kier molecular flexibility index (Phi) is 3.45. The van der Waals surface area contributed by atoms with E-state index >= 15 is 0 Å². The zero-order valence-corrected chi connectivity index (χ0v) is 11.8. The number of ether oxygens (including phenoxy) is 2. The summed E-state index contributed by atoms with van der Waals surface area (Å²) >= 11 is 5.25. The van der Waals surface area contributed by atoms with Gasteiger partial charge in [0.15, 0.2) is 16.3 Å². The third-order valence-corrected chi connectivity index (χ3v) is 3.28. The van der Waals surface area contributed by atoms with Crippen LogP contribution in [0, 0.1) is 4.77 Å². The molecule has 1 aromatic carbocycles. The fourth-order valence-electron chi connectivity index (χ4n) is 2.17. The molecule has 0 amide bonds. The second kappa shape index (κ2) is 5.26. The largest absolute Gasteiger partial charge is 0.486 e. The van der Waals surface area contributed by atoms with Crippen molar-refractivity contribution >= 4 is 12.2 Å². The first-order valence-electron chi connectivity index (χ1n) is 6.39. The number of aliphatic hydroxyl groups excluding tert-OH is 1. The SMILES string of the molecule is C[C@H](O)Cc1n[nH]c(=S)n1-c1ccc2c(c1)OCCO2. The van der Waals surface area contributed by atoms with E-state index in [1.807, 2.05) is 18.2 Å². The van der Waals surface area contributed by atoms with Crippen molar-refractivity contribution in [1.29, 1.82) is 0 Å². The lowest BCUT2D eigenvalue weighted by atomic mass is 10.2. The Morgan fingerprint density at radius 3 is 2.90 bits per heavy atom. The fourth-order valence-corrected chi connectivity index (χ4v) is 2.42. The van der Waals surface area contributed by atoms with Crippen molar-refractivity contribution < 1.29 is 14.6 Å². The number of nitrogens with zero attached hydrogens (tertiary/aromatic N) is 2. The van der Waals surface area contributed by atoms with E-state index in [0.717, 1.165) is 11.4 Å². The molecule has 106 valence electrons. The Labute approximate surface area is 121 Å². The Hall–Kier alpha value is -1.86. The standard InChI is InChI=1S/C13H15N3O3S/c1-8(17)6-12-14-15-13(20)16(12)9-2-3-10-11(7-9)19-5-4-18-10/h2-3,7-8,17H,4-6H2,1H3,(H,15,20)/t8-/m0/s1. The van der Waals surface area contributed by atoms with Crippen LogP contribution < -0.4 is 9.47 Å². The summed E-state index contributed by atoms with van der Waals surface area (Å²) in [6, 6.07) is 5.61. The lowest BCUT2D eigenvalue weighted by Crippen LogP contribution is -2.16. The molecule has 2 heterocycles. The molecule has 1 aliphatic heterocycles. The van der Waals surface area contributed by atoms with Gasteiger partial charge in [-0.3, -0.25) is 9.67 Å². The Balaban J connectivity index is 2.04. The number of benzene rings is 1. The summed E-state index contributed by atoms with van der Waals surface area (Å²) in [5.41, 5.74) is 0.837. The van der Waals surface area contributed by atoms with Crippen LogP contribution in [0.25, 0.3) is 5.69 Å². The lowest BCUT2D eigenvalue weighted by molar-refractivity contribution is 0.171. The van der Waals surface area contributed by atoms with Gasteiger partial charge >= 0.3 is 0 Å². The fraction of sp³-hybridized carbons (Fsp3) is 0.385.